The van der Waals surface area contributed by atoms with Crippen LogP contribution in [0.2, 0.25) is 5.02 Å². The van der Waals surface area contributed by atoms with Gasteiger partial charge in [0, 0.05) is 11.6 Å². The summed E-state index contributed by atoms with van der Waals surface area (Å²) in [5.74, 6) is 0.643. The number of carbonyl (C=O) groups excluding carboxylic acids is 1. The van der Waals surface area contributed by atoms with Crippen LogP contribution in [-0.2, 0) is 24.2 Å². The zero-order valence-corrected chi connectivity index (χ0v) is 13.7. The molecule has 0 spiro atoms. The van der Waals surface area contributed by atoms with Gasteiger partial charge in [-0.05, 0) is 66.6 Å². The largest absolute Gasteiger partial charge is 0.484 e. The molecule has 0 saturated heterocycles. The lowest BCUT2D eigenvalue weighted by molar-refractivity contribution is -0.123. The second-order valence-electron chi connectivity index (χ2n) is 5.83. The Labute approximate surface area is 141 Å². The van der Waals surface area contributed by atoms with Crippen molar-refractivity contribution >= 4 is 17.5 Å². The van der Waals surface area contributed by atoms with E-state index in [0.717, 1.165) is 24.2 Å². The fourth-order valence-electron chi connectivity index (χ4n) is 2.80. The second-order valence-corrected chi connectivity index (χ2v) is 6.27. The van der Waals surface area contributed by atoms with E-state index in [2.05, 4.69) is 17.4 Å². The molecule has 120 valence electrons. The molecule has 0 fully saturated rings. The van der Waals surface area contributed by atoms with E-state index in [1.807, 2.05) is 30.3 Å². The van der Waals surface area contributed by atoms with E-state index in [4.69, 9.17) is 16.3 Å². The van der Waals surface area contributed by atoms with Gasteiger partial charge in [0.2, 0.25) is 0 Å². The second kappa shape index (κ2) is 7.51. The lowest BCUT2D eigenvalue weighted by Crippen LogP contribution is -2.28. The Bertz CT molecular complexity index is 682. The summed E-state index contributed by atoms with van der Waals surface area (Å²) in [6, 6.07) is 13.6. The summed E-state index contributed by atoms with van der Waals surface area (Å²) in [5.41, 5.74) is 3.78. The van der Waals surface area contributed by atoms with E-state index in [-0.39, 0.29) is 12.5 Å². The summed E-state index contributed by atoms with van der Waals surface area (Å²) in [4.78, 5) is 11.9. The molecular weight excluding hydrogens is 310 g/mol. The predicted octanol–water partition coefficient (Wildman–Crippen LogP) is 3.91. The molecule has 0 unspecified atom stereocenters. The van der Waals surface area contributed by atoms with Gasteiger partial charge in [-0.1, -0.05) is 29.8 Å². The smallest absolute Gasteiger partial charge is 0.258 e. The molecule has 3 nitrogen and oxygen atoms in total. The van der Waals surface area contributed by atoms with Gasteiger partial charge in [-0.2, -0.15) is 0 Å². The van der Waals surface area contributed by atoms with Crippen LogP contribution in [0.4, 0.5) is 0 Å². The number of amides is 1. The third-order valence-corrected chi connectivity index (χ3v) is 4.34. The van der Waals surface area contributed by atoms with Crippen molar-refractivity contribution in [1.29, 1.82) is 0 Å². The number of ether oxygens (including phenoxy) is 1. The first kappa shape index (κ1) is 15.9. The highest BCUT2D eigenvalue weighted by molar-refractivity contribution is 6.30. The van der Waals surface area contributed by atoms with Crippen molar-refractivity contribution in [2.45, 2.75) is 32.2 Å². The molecule has 0 aromatic heterocycles. The van der Waals surface area contributed by atoms with Crippen molar-refractivity contribution in [3.05, 3.63) is 64.2 Å². The number of hydrogen-bond donors (Lipinski definition) is 1. The van der Waals surface area contributed by atoms with Gasteiger partial charge < -0.3 is 10.1 Å². The zero-order valence-electron chi connectivity index (χ0n) is 13.0. The van der Waals surface area contributed by atoms with Crippen molar-refractivity contribution in [2.75, 3.05) is 6.61 Å². The van der Waals surface area contributed by atoms with Gasteiger partial charge in [0.05, 0.1) is 0 Å². The normalized spacial score (nSPS) is 13.3. The van der Waals surface area contributed by atoms with Crippen molar-refractivity contribution in [3.63, 3.8) is 0 Å². The third-order valence-electron chi connectivity index (χ3n) is 4.09. The summed E-state index contributed by atoms with van der Waals surface area (Å²) in [6.07, 6.45) is 4.75. The fourth-order valence-corrected chi connectivity index (χ4v) is 2.93. The van der Waals surface area contributed by atoms with Gasteiger partial charge in [0.15, 0.2) is 6.61 Å². The maximum Gasteiger partial charge on any atom is 0.258 e. The minimum atomic E-state index is -0.127. The minimum absolute atomic E-state index is 0.0341. The lowest BCUT2D eigenvalue weighted by atomic mass is 9.92. The molecule has 0 bridgehead atoms. The van der Waals surface area contributed by atoms with Gasteiger partial charge in [0.25, 0.3) is 5.91 Å². The van der Waals surface area contributed by atoms with Gasteiger partial charge in [0.1, 0.15) is 5.75 Å². The first-order valence-electron chi connectivity index (χ1n) is 7.96. The van der Waals surface area contributed by atoms with Crippen molar-refractivity contribution in [1.82, 2.24) is 5.32 Å². The van der Waals surface area contributed by atoms with Crippen LogP contribution < -0.4 is 10.1 Å². The van der Waals surface area contributed by atoms with E-state index in [9.17, 15) is 4.79 Å². The highest BCUT2D eigenvalue weighted by atomic mass is 35.5. The molecular formula is C19H20ClNO2. The fraction of sp³-hybridized carbons (Fsp3) is 0.316. The first-order valence-corrected chi connectivity index (χ1v) is 8.34. The molecule has 0 heterocycles. The number of carbonyl (C=O) groups is 1. The molecule has 0 atom stereocenters. The van der Waals surface area contributed by atoms with E-state index in [0.29, 0.717) is 11.6 Å². The SMILES string of the molecule is O=C(COc1ccc2c(c1)CCCC2)NCc1ccc(Cl)cc1. The molecule has 0 saturated carbocycles. The summed E-state index contributed by atoms with van der Waals surface area (Å²) in [7, 11) is 0. The van der Waals surface area contributed by atoms with Gasteiger partial charge in [-0.15, -0.1) is 0 Å². The summed E-state index contributed by atoms with van der Waals surface area (Å²) in [6.45, 7) is 0.510. The molecule has 23 heavy (non-hydrogen) atoms. The Morgan fingerprint density at radius 1 is 1.04 bits per heavy atom. The Kier molecular flexibility index (Phi) is 5.19. The van der Waals surface area contributed by atoms with Crippen molar-refractivity contribution < 1.29 is 9.53 Å². The van der Waals surface area contributed by atoms with Crippen molar-refractivity contribution in [3.8, 4) is 5.75 Å². The van der Waals surface area contributed by atoms with Crippen LogP contribution in [0.3, 0.4) is 0 Å². The average Bonchev–Trinajstić information content (AvgIpc) is 2.59. The van der Waals surface area contributed by atoms with Crippen LogP contribution in [0.5, 0.6) is 5.75 Å². The van der Waals surface area contributed by atoms with Crippen LogP contribution in [0.15, 0.2) is 42.5 Å². The van der Waals surface area contributed by atoms with Crippen LogP contribution in [-0.4, -0.2) is 12.5 Å². The number of aryl methyl sites for hydroxylation is 2. The number of benzene rings is 2. The van der Waals surface area contributed by atoms with Crippen LogP contribution in [0, 0.1) is 0 Å². The molecule has 3 rings (SSSR count). The molecule has 1 aliphatic carbocycles. The van der Waals surface area contributed by atoms with Gasteiger partial charge in [-0.25, -0.2) is 0 Å². The molecule has 2 aromatic carbocycles. The number of fused-ring (bicyclic) bond motifs is 1. The number of halogens is 1. The lowest BCUT2D eigenvalue weighted by Gasteiger charge is -2.16. The molecule has 1 N–H and O–H groups in total. The number of nitrogens with one attached hydrogen (secondary N) is 1. The predicted molar refractivity (Wildman–Crippen MR) is 91.9 cm³/mol. The standard InChI is InChI=1S/C19H20ClNO2/c20-17-8-5-14(6-9-17)12-21-19(22)13-23-18-10-7-15-3-1-2-4-16(15)11-18/h5-11H,1-4,12-13H2,(H,21,22). The highest BCUT2D eigenvalue weighted by Crippen LogP contribution is 2.25. The maximum atomic E-state index is 11.9. The molecule has 4 heteroatoms. The number of rotatable bonds is 5. The maximum absolute atomic E-state index is 11.9. The van der Waals surface area contributed by atoms with E-state index >= 15 is 0 Å². The Morgan fingerprint density at radius 2 is 1.78 bits per heavy atom. The van der Waals surface area contributed by atoms with Gasteiger partial charge in [-0.3, -0.25) is 4.79 Å². The molecule has 0 radical (unpaired) electrons. The minimum Gasteiger partial charge on any atom is -0.484 e. The quantitative estimate of drug-likeness (QED) is 0.903. The average molecular weight is 330 g/mol. The van der Waals surface area contributed by atoms with Crippen LogP contribution in [0.25, 0.3) is 0 Å². The summed E-state index contributed by atoms with van der Waals surface area (Å²) >= 11 is 5.83. The monoisotopic (exact) mass is 329 g/mol. The van der Waals surface area contributed by atoms with E-state index in [1.165, 1.54) is 24.0 Å². The van der Waals surface area contributed by atoms with E-state index in [1.54, 1.807) is 0 Å². The van der Waals surface area contributed by atoms with Crippen molar-refractivity contribution in [2.24, 2.45) is 0 Å². The summed E-state index contributed by atoms with van der Waals surface area (Å²) < 4.78 is 5.61. The highest BCUT2D eigenvalue weighted by Gasteiger charge is 2.10. The molecule has 0 aliphatic heterocycles. The first-order chi connectivity index (χ1) is 11.2. The molecule has 1 amide bonds. The summed E-state index contributed by atoms with van der Waals surface area (Å²) in [5, 5.41) is 3.53. The van der Waals surface area contributed by atoms with E-state index < -0.39 is 0 Å². The zero-order chi connectivity index (χ0) is 16.1. The van der Waals surface area contributed by atoms with Gasteiger partial charge >= 0.3 is 0 Å². The topological polar surface area (TPSA) is 38.3 Å². The third kappa shape index (κ3) is 4.49. The van der Waals surface area contributed by atoms with Crippen LogP contribution in [0.1, 0.15) is 29.5 Å². The van der Waals surface area contributed by atoms with Crippen LogP contribution >= 0.6 is 11.6 Å². The Morgan fingerprint density at radius 3 is 2.57 bits per heavy atom. The molecule has 2 aromatic rings. The Balaban J connectivity index is 1.48. The number of hydrogen-bond acceptors (Lipinski definition) is 2. The molecule has 1 aliphatic rings. The Hall–Kier alpha value is -2.00.